The van der Waals surface area contributed by atoms with Crippen LogP contribution in [0.15, 0.2) is 24.3 Å². The van der Waals surface area contributed by atoms with Crippen molar-refractivity contribution in [3.8, 4) is 0 Å². The van der Waals surface area contributed by atoms with Gasteiger partial charge in [-0.1, -0.05) is 0 Å². The third kappa shape index (κ3) is 3.96. The first-order valence-electron chi connectivity index (χ1n) is 8.18. The Kier molecular flexibility index (Phi) is 4.76. The number of rotatable bonds is 4. The van der Waals surface area contributed by atoms with Crippen molar-refractivity contribution in [2.24, 2.45) is 5.92 Å². The van der Waals surface area contributed by atoms with Crippen LogP contribution < -0.4 is 0 Å². The Balaban J connectivity index is 1.54. The van der Waals surface area contributed by atoms with E-state index in [0.717, 1.165) is 38.2 Å². The minimum absolute atomic E-state index is 0.323. The second-order valence-electron chi connectivity index (χ2n) is 6.56. The van der Waals surface area contributed by atoms with Crippen molar-refractivity contribution in [1.29, 1.82) is 0 Å². The Hall–Kier alpha value is -1.75. The molecular formula is C18H23F2N3. The fourth-order valence-electron chi connectivity index (χ4n) is 3.34. The van der Waals surface area contributed by atoms with Crippen LogP contribution in [-0.4, -0.2) is 27.8 Å². The molecule has 0 N–H and O–H groups in total. The minimum atomic E-state index is -0.374. The lowest BCUT2D eigenvalue weighted by Crippen LogP contribution is -2.35. The van der Waals surface area contributed by atoms with Crippen LogP contribution >= 0.6 is 0 Å². The molecule has 124 valence electrons. The first-order valence-corrected chi connectivity index (χ1v) is 8.18. The van der Waals surface area contributed by atoms with E-state index >= 15 is 0 Å². The quantitative estimate of drug-likeness (QED) is 0.857. The molecule has 1 aliphatic rings. The van der Waals surface area contributed by atoms with Gasteiger partial charge in [0.1, 0.15) is 11.6 Å². The number of aryl methyl sites for hydroxylation is 2. The second kappa shape index (κ2) is 6.79. The van der Waals surface area contributed by atoms with Crippen molar-refractivity contribution in [2.45, 2.75) is 39.8 Å². The first-order chi connectivity index (χ1) is 11.0. The highest BCUT2D eigenvalue weighted by Crippen LogP contribution is 2.22. The second-order valence-corrected chi connectivity index (χ2v) is 6.56. The standard InChI is InChI=1S/C18H23F2N3/c1-13-9-14(2)23(21-13)11-15-5-7-22(8-6-15)12-16-10-17(19)3-4-18(16)20/h3-4,9-10,15H,5-8,11-12H2,1-2H3. The summed E-state index contributed by atoms with van der Waals surface area (Å²) in [6.45, 7) is 7.36. The zero-order valence-corrected chi connectivity index (χ0v) is 13.7. The summed E-state index contributed by atoms with van der Waals surface area (Å²) in [4.78, 5) is 2.20. The molecule has 3 nitrogen and oxygen atoms in total. The van der Waals surface area contributed by atoms with Crippen LogP contribution in [0.5, 0.6) is 0 Å². The Bertz CT molecular complexity index is 673. The minimum Gasteiger partial charge on any atom is -0.299 e. The van der Waals surface area contributed by atoms with Gasteiger partial charge in [0.2, 0.25) is 0 Å². The van der Waals surface area contributed by atoms with E-state index in [9.17, 15) is 8.78 Å². The van der Waals surface area contributed by atoms with Crippen molar-refractivity contribution in [3.63, 3.8) is 0 Å². The summed E-state index contributed by atoms with van der Waals surface area (Å²) in [6, 6.07) is 5.78. The molecule has 0 saturated carbocycles. The lowest BCUT2D eigenvalue weighted by Gasteiger charge is -2.32. The molecule has 1 saturated heterocycles. The van der Waals surface area contributed by atoms with Crippen LogP contribution in [0.2, 0.25) is 0 Å². The summed E-state index contributed by atoms with van der Waals surface area (Å²) in [6.07, 6.45) is 2.13. The van der Waals surface area contributed by atoms with E-state index in [-0.39, 0.29) is 11.6 Å². The molecular weight excluding hydrogens is 296 g/mol. The van der Waals surface area contributed by atoms with Gasteiger partial charge in [-0.15, -0.1) is 0 Å². The Morgan fingerprint density at radius 1 is 1.13 bits per heavy atom. The largest absolute Gasteiger partial charge is 0.299 e. The third-order valence-electron chi connectivity index (χ3n) is 4.64. The Labute approximate surface area is 135 Å². The average Bonchev–Trinajstić information content (AvgIpc) is 2.83. The van der Waals surface area contributed by atoms with Gasteiger partial charge in [0, 0.05) is 24.3 Å². The van der Waals surface area contributed by atoms with Gasteiger partial charge in [-0.25, -0.2) is 8.78 Å². The van der Waals surface area contributed by atoms with E-state index in [2.05, 4.69) is 27.7 Å². The smallest absolute Gasteiger partial charge is 0.127 e. The molecule has 1 aromatic heterocycles. The average molecular weight is 319 g/mol. The van der Waals surface area contributed by atoms with Gasteiger partial charge in [-0.3, -0.25) is 9.58 Å². The topological polar surface area (TPSA) is 21.1 Å². The van der Waals surface area contributed by atoms with Gasteiger partial charge < -0.3 is 0 Å². The van der Waals surface area contributed by atoms with Gasteiger partial charge in [0.15, 0.2) is 0 Å². The molecule has 0 radical (unpaired) electrons. The monoisotopic (exact) mass is 319 g/mol. The van der Waals surface area contributed by atoms with Gasteiger partial charge in [0.25, 0.3) is 0 Å². The highest BCUT2D eigenvalue weighted by molar-refractivity contribution is 5.18. The molecule has 23 heavy (non-hydrogen) atoms. The fourth-order valence-corrected chi connectivity index (χ4v) is 3.34. The lowest BCUT2D eigenvalue weighted by molar-refractivity contribution is 0.162. The van der Waals surface area contributed by atoms with Crippen LogP contribution in [0.1, 0.15) is 29.8 Å². The fraction of sp³-hybridized carbons (Fsp3) is 0.500. The summed E-state index contributed by atoms with van der Waals surface area (Å²) in [5.74, 6) is -0.0985. The van der Waals surface area contributed by atoms with Gasteiger partial charge >= 0.3 is 0 Å². The molecule has 0 aliphatic carbocycles. The summed E-state index contributed by atoms with van der Waals surface area (Å²) in [5, 5.41) is 4.52. The van der Waals surface area contributed by atoms with Crippen LogP contribution in [0.25, 0.3) is 0 Å². The molecule has 5 heteroatoms. The normalized spacial score (nSPS) is 16.9. The molecule has 0 unspecified atom stereocenters. The zero-order valence-electron chi connectivity index (χ0n) is 13.7. The Morgan fingerprint density at radius 3 is 2.52 bits per heavy atom. The van der Waals surface area contributed by atoms with Crippen molar-refractivity contribution in [2.75, 3.05) is 13.1 Å². The van der Waals surface area contributed by atoms with E-state index in [1.807, 2.05) is 6.92 Å². The maximum atomic E-state index is 13.7. The first kappa shape index (κ1) is 16.1. The van der Waals surface area contributed by atoms with E-state index in [1.54, 1.807) is 0 Å². The molecule has 0 atom stereocenters. The highest BCUT2D eigenvalue weighted by atomic mass is 19.1. The third-order valence-corrected chi connectivity index (χ3v) is 4.64. The van der Waals surface area contributed by atoms with E-state index in [0.29, 0.717) is 18.0 Å². The van der Waals surface area contributed by atoms with Crippen LogP contribution in [0.3, 0.4) is 0 Å². The SMILES string of the molecule is Cc1cc(C)n(CC2CCN(Cc3cc(F)ccc3F)CC2)n1. The summed E-state index contributed by atoms with van der Waals surface area (Å²) in [7, 11) is 0. The van der Waals surface area contributed by atoms with Crippen LogP contribution in [0, 0.1) is 31.4 Å². The maximum Gasteiger partial charge on any atom is 0.127 e. The van der Waals surface area contributed by atoms with Crippen molar-refractivity contribution >= 4 is 0 Å². The van der Waals surface area contributed by atoms with Gasteiger partial charge in [-0.05, 0) is 70.0 Å². The molecule has 1 fully saturated rings. The maximum absolute atomic E-state index is 13.7. The van der Waals surface area contributed by atoms with E-state index in [4.69, 9.17) is 0 Å². The zero-order chi connectivity index (χ0) is 16.4. The number of halogens is 2. The lowest BCUT2D eigenvalue weighted by atomic mass is 9.96. The van der Waals surface area contributed by atoms with Gasteiger partial charge in [-0.2, -0.15) is 5.10 Å². The molecule has 2 aromatic rings. The Morgan fingerprint density at radius 2 is 1.87 bits per heavy atom. The number of benzene rings is 1. The van der Waals surface area contributed by atoms with E-state index in [1.165, 1.54) is 23.9 Å². The molecule has 1 aliphatic heterocycles. The summed E-state index contributed by atoms with van der Waals surface area (Å²) in [5.41, 5.74) is 2.70. The number of piperidine rings is 1. The summed E-state index contributed by atoms with van der Waals surface area (Å²) < 4.78 is 29.1. The predicted molar refractivity (Wildman–Crippen MR) is 86.1 cm³/mol. The predicted octanol–water partition coefficient (Wildman–Crippen LogP) is 3.69. The molecule has 2 heterocycles. The van der Waals surface area contributed by atoms with Crippen molar-refractivity contribution in [3.05, 3.63) is 52.9 Å². The number of nitrogens with zero attached hydrogens (tertiary/aromatic N) is 3. The van der Waals surface area contributed by atoms with Crippen molar-refractivity contribution < 1.29 is 8.78 Å². The highest BCUT2D eigenvalue weighted by Gasteiger charge is 2.21. The summed E-state index contributed by atoms with van der Waals surface area (Å²) >= 11 is 0. The molecule has 0 amide bonds. The number of hydrogen-bond acceptors (Lipinski definition) is 2. The van der Waals surface area contributed by atoms with Crippen molar-refractivity contribution in [1.82, 2.24) is 14.7 Å². The molecule has 3 rings (SSSR count). The number of hydrogen-bond donors (Lipinski definition) is 0. The van der Waals surface area contributed by atoms with Crippen LogP contribution in [0.4, 0.5) is 8.78 Å². The molecule has 0 spiro atoms. The number of likely N-dealkylation sites (tertiary alicyclic amines) is 1. The number of aromatic nitrogens is 2. The van der Waals surface area contributed by atoms with Crippen LogP contribution in [-0.2, 0) is 13.1 Å². The molecule has 0 bridgehead atoms. The van der Waals surface area contributed by atoms with E-state index < -0.39 is 0 Å². The molecule has 1 aromatic carbocycles. The van der Waals surface area contributed by atoms with Gasteiger partial charge in [0.05, 0.1) is 5.69 Å².